The Morgan fingerprint density at radius 2 is 2.22 bits per heavy atom. The molecule has 18 heavy (non-hydrogen) atoms. The Morgan fingerprint density at radius 3 is 2.83 bits per heavy atom. The molecule has 0 saturated heterocycles. The van der Waals surface area contributed by atoms with Crippen molar-refractivity contribution in [3.8, 4) is 0 Å². The van der Waals surface area contributed by atoms with Gasteiger partial charge in [-0.3, -0.25) is 4.72 Å². The summed E-state index contributed by atoms with van der Waals surface area (Å²) in [6.45, 7) is -0.151. The molecule has 1 heterocycles. The van der Waals surface area contributed by atoms with Crippen molar-refractivity contribution in [1.82, 2.24) is 4.98 Å². The first-order chi connectivity index (χ1) is 8.51. The number of hydrogen-bond donors (Lipinski definition) is 2. The lowest BCUT2D eigenvalue weighted by atomic mass is 10.2. The summed E-state index contributed by atoms with van der Waals surface area (Å²) in [5, 5.41) is 8.98. The van der Waals surface area contributed by atoms with Gasteiger partial charge in [-0.15, -0.1) is 0 Å². The lowest BCUT2D eigenvalue weighted by Gasteiger charge is -2.06. The average Bonchev–Trinajstić information content (AvgIpc) is 2.76. The zero-order chi connectivity index (χ0) is 13.2. The minimum Gasteiger partial charge on any atom is -0.392 e. The minimum absolute atomic E-state index is 0.0434. The maximum atomic E-state index is 12.0. The Labute approximate surface area is 113 Å². The molecule has 96 valence electrons. The summed E-state index contributed by atoms with van der Waals surface area (Å²) in [5.74, 6) is 0. The Morgan fingerprint density at radius 1 is 1.44 bits per heavy atom. The Kier molecular flexibility index (Phi) is 3.86. The van der Waals surface area contributed by atoms with E-state index in [1.54, 1.807) is 24.3 Å². The molecule has 2 rings (SSSR count). The van der Waals surface area contributed by atoms with Crippen LogP contribution in [0.4, 0.5) is 5.69 Å². The van der Waals surface area contributed by atoms with Crippen molar-refractivity contribution in [2.45, 2.75) is 10.8 Å². The highest BCUT2D eigenvalue weighted by Gasteiger charge is 2.17. The first-order valence-electron chi connectivity index (χ1n) is 4.85. The summed E-state index contributed by atoms with van der Waals surface area (Å²) in [5.41, 5.74) is 1.00. The fourth-order valence-corrected chi connectivity index (χ4v) is 3.64. The molecule has 0 aliphatic rings. The Bertz CT molecular complexity index is 655. The molecule has 0 radical (unpaired) electrons. The van der Waals surface area contributed by atoms with E-state index >= 15 is 0 Å². The molecule has 0 aliphatic carbocycles. The first kappa shape index (κ1) is 13.3. The highest BCUT2D eigenvalue weighted by atomic mass is 35.5. The van der Waals surface area contributed by atoms with E-state index in [9.17, 15) is 8.42 Å². The van der Waals surface area contributed by atoms with Crippen LogP contribution in [0.1, 0.15) is 5.56 Å². The van der Waals surface area contributed by atoms with Gasteiger partial charge >= 0.3 is 0 Å². The van der Waals surface area contributed by atoms with Crippen LogP contribution in [-0.4, -0.2) is 18.5 Å². The van der Waals surface area contributed by atoms with E-state index in [1.165, 1.54) is 6.20 Å². The smallest absolute Gasteiger partial charge is 0.273 e. The lowest BCUT2D eigenvalue weighted by Crippen LogP contribution is -2.11. The van der Waals surface area contributed by atoms with E-state index in [-0.39, 0.29) is 15.3 Å². The predicted octanol–water partition coefficient (Wildman–Crippen LogP) is 2.09. The molecule has 0 bridgehead atoms. The monoisotopic (exact) mass is 304 g/mol. The topological polar surface area (TPSA) is 79.3 Å². The lowest BCUT2D eigenvalue weighted by molar-refractivity contribution is 0.282. The van der Waals surface area contributed by atoms with E-state index < -0.39 is 10.0 Å². The van der Waals surface area contributed by atoms with E-state index in [0.717, 1.165) is 11.3 Å². The van der Waals surface area contributed by atoms with Crippen LogP contribution in [0.15, 0.2) is 34.7 Å². The summed E-state index contributed by atoms with van der Waals surface area (Å²) < 4.78 is 26.5. The molecule has 0 fully saturated rings. The van der Waals surface area contributed by atoms with Gasteiger partial charge in [0.15, 0.2) is 8.68 Å². The molecule has 8 heteroatoms. The number of aromatic nitrogens is 1. The summed E-state index contributed by atoms with van der Waals surface area (Å²) in [6.07, 6.45) is 1.20. The van der Waals surface area contributed by atoms with Gasteiger partial charge in [0, 0.05) is 5.69 Å². The summed E-state index contributed by atoms with van der Waals surface area (Å²) in [7, 11) is -3.68. The zero-order valence-corrected chi connectivity index (χ0v) is 11.4. The predicted molar refractivity (Wildman–Crippen MR) is 70.3 cm³/mol. The number of anilines is 1. The van der Waals surface area contributed by atoms with Crippen LogP contribution < -0.4 is 4.72 Å². The molecular weight excluding hydrogens is 296 g/mol. The summed E-state index contributed by atoms with van der Waals surface area (Å²) >= 11 is 6.48. The van der Waals surface area contributed by atoms with Crippen molar-refractivity contribution in [3.05, 3.63) is 40.5 Å². The van der Waals surface area contributed by atoms with E-state index in [1.807, 2.05) is 0 Å². The molecule has 5 nitrogen and oxygen atoms in total. The molecule has 2 aromatic rings. The third-order valence-corrected chi connectivity index (χ3v) is 5.04. The van der Waals surface area contributed by atoms with Crippen LogP contribution in [0, 0.1) is 0 Å². The normalized spacial score (nSPS) is 11.4. The maximum absolute atomic E-state index is 12.0. The van der Waals surface area contributed by atoms with Gasteiger partial charge in [0.2, 0.25) is 0 Å². The maximum Gasteiger partial charge on any atom is 0.273 e. The number of hydrogen-bond acceptors (Lipinski definition) is 5. The average molecular weight is 305 g/mol. The van der Waals surface area contributed by atoms with Gasteiger partial charge < -0.3 is 5.11 Å². The quantitative estimate of drug-likeness (QED) is 0.906. The highest BCUT2D eigenvalue weighted by Crippen LogP contribution is 2.24. The number of nitrogens with zero attached hydrogens (tertiary/aromatic N) is 1. The van der Waals surface area contributed by atoms with Crippen molar-refractivity contribution in [3.63, 3.8) is 0 Å². The number of halogens is 1. The molecule has 1 aromatic carbocycles. The van der Waals surface area contributed by atoms with Crippen LogP contribution in [0.25, 0.3) is 0 Å². The number of thiazole rings is 1. The van der Waals surface area contributed by atoms with Crippen LogP contribution in [-0.2, 0) is 16.6 Å². The second kappa shape index (κ2) is 5.23. The van der Waals surface area contributed by atoms with Crippen molar-refractivity contribution in [1.29, 1.82) is 0 Å². The van der Waals surface area contributed by atoms with Crippen molar-refractivity contribution in [2.24, 2.45) is 0 Å². The SMILES string of the molecule is O=S(=O)(Nc1cccc(CO)c1)c1cnc(Cl)s1. The number of aliphatic hydroxyl groups is 1. The van der Waals surface area contributed by atoms with Gasteiger partial charge in [-0.2, -0.15) is 0 Å². The zero-order valence-electron chi connectivity index (χ0n) is 9.00. The van der Waals surface area contributed by atoms with Crippen LogP contribution in [0.3, 0.4) is 0 Å². The van der Waals surface area contributed by atoms with Crippen LogP contribution in [0.2, 0.25) is 4.47 Å². The van der Waals surface area contributed by atoms with Crippen LogP contribution >= 0.6 is 22.9 Å². The third kappa shape index (κ3) is 2.99. The number of aliphatic hydroxyl groups excluding tert-OH is 1. The fourth-order valence-electron chi connectivity index (χ4n) is 1.30. The van der Waals surface area contributed by atoms with Gasteiger partial charge in [-0.05, 0) is 17.7 Å². The number of nitrogens with one attached hydrogen (secondary N) is 1. The molecule has 0 amide bonds. The van der Waals surface area contributed by atoms with E-state index in [4.69, 9.17) is 16.7 Å². The molecule has 0 spiro atoms. The largest absolute Gasteiger partial charge is 0.392 e. The van der Waals surface area contributed by atoms with Gasteiger partial charge in [0.05, 0.1) is 12.8 Å². The Balaban J connectivity index is 2.27. The molecule has 0 saturated carbocycles. The van der Waals surface area contributed by atoms with Crippen molar-refractivity contribution >= 4 is 38.6 Å². The van der Waals surface area contributed by atoms with Crippen molar-refractivity contribution < 1.29 is 13.5 Å². The first-order valence-corrected chi connectivity index (χ1v) is 7.53. The van der Waals surface area contributed by atoms with Crippen molar-refractivity contribution in [2.75, 3.05) is 4.72 Å². The second-order valence-corrected chi connectivity index (χ2v) is 6.92. The summed E-state index contributed by atoms with van der Waals surface area (Å²) in [6, 6.07) is 6.50. The molecule has 0 atom stereocenters. The van der Waals surface area contributed by atoms with E-state index in [0.29, 0.717) is 11.3 Å². The van der Waals surface area contributed by atoms with Crippen LogP contribution in [0.5, 0.6) is 0 Å². The molecule has 1 aromatic heterocycles. The molecular formula is C10H9ClN2O3S2. The molecule has 0 unspecified atom stereocenters. The number of sulfonamides is 1. The summed E-state index contributed by atoms with van der Waals surface area (Å²) in [4.78, 5) is 3.68. The molecule has 0 aliphatic heterocycles. The second-order valence-electron chi connectivity index (χ2n) is 3.40. The Hall–Kier alpha value is -1.15. The highest BCUT2D eigenvalue weighted by molar-refractivity contribution is 7.94. The molecule has 2 N–H and O–H groups in total. The fraction of sp³-hybridized carbons (Fsp3) is 0.100. The van der Waals surface area contributed by atoms with Gasteiger partial charge in [0.25, 0.3) is 10.0 Å². The number of benzene rings is 1. The van der Waals surface area contributed by atoms with E-state index in [2.05, 4.69) is 9.71 Å². The van der Waals surface area contributed by atoms with Gasteiger partial charge in [-0.25, -0.2) is 13.4 Å². The standard InChI is InChI=1S/C10H9ClN2O3S2/c11-10-12-5-9(17-10)18(15,16)13-8-3-1-2-7(4-8)6-14/h1-5,13-14H,6H2. The van der Waals surface area contributed by atoms with Gasteiger partial charge in [0.1, 0.15) is 0 Å². The minimum atomic E-state index is -3.68. The number of rotatable bonds is 4. The van der Waals surface area contributed by atoms with Gasteiger partial charge in [-0.1, -0.05) is 35.1 Å². The third-order valence-electron chi connectivity index (χ3n) is 2.08.